The summed E-state index contributed by atoms with van der Waals surface area (Å²) >= 11 is 0. The van der Waals surface area contributed by atoms with Gasteiger partial charge in [0.05, 0.1) is 0 Å². The van der Waals surface area contributed by atoms with Crippen LogP contribution in [0.2, 0.25) is 0 Å². The number of nitrogens with zero attached hydrogens (tertiary/aromatic N) is 4. The lowest BCUT2D eigenvalue weighted by atomic mass is 9.77. The number of hydrogen-bond acceptors (Lipinski definition) is 4. The van der Waals surface area contributed by atoms with Gasteiger partial charge in [-0.25, -0.2) is 14.4 Å². The molecule has 152 valence electrons. The molecule has 0 bridgehead atoms. The van der Waals surface area contributed by atoms with E-state index in [1.807, 2.05) is 29.7 Å². The Bertz CT molecular complexity index is 954. The molecule has 1 aromatic carbocycles. The van der Waals surface area contributed by atoms with Gasteiger partial charge >= 0.3 is 0 Å². The van der Waals surface area contributed by atoms with Gasteiger partial charge in [-0.15, -0.1) is 0 Å². The van der Waals surface area contributed by atoms with Crippen molar-refractivity contribution in [2.24, 2.45) is 5.41 Å². The highest BCUT2D eigenvalue weighted by atomic mass is 19.1. The lowest BCUT2D eigenvalue weighted by Gasteiger charge is -2.38. The molecule has 0 N–H and O–H groups in total. The summed E-state index contributed by atoms with van der Waals surface area (Å²) in [5.41, 5.74) is 2.79. The fraction of sp³-hybridized carbons (Fsp3) is 0.455. The van der Waals surface area contributed by atoms with Crippen LogP contribution >= 0.6 is 0 Å². The quantitative estimate of drug-likeness (QED) is 0.800. The third-order valence-corrected chi connectivity index (χ3v) is 6.32. The van der Waals surface area contributed by atoms with E-state index in [0.29, 0.717) is 38.3 Å². The number of rotatable bonds is 3. The Morgan fingerprint density at radius 3 is 2.69 bits per heavy atom. The van der Waals surface area contributed by atoms with Gasteiger partial charge < -0.3 is 9.80 Å². The summed E-state index contributed by atoms with van der Waals surface area (Å²) in [5.74, 6) is -0.244. The van der Waals surface area contributed by atoms with Crippen molar-refractivity contribution in [2.45, 2.75) is 39.7 Å². The van der Waals surface area contributed by atoms with Gasteiger partial charge in [-0.1, -0.05) is 12.1 Å². The van der Waals surface area contributed by atoms with Gasteiger partial charge in [0.2, 0.25) is 5.91 Å². The van der Waals surface area contributed by atoms with Crippen LogP contribution in [0.3, 0.4) is 0 Å². The first-order valence-electron chi connectivity index (χ1n) is 9.97. The summed E-state index contributed by atoms with van der Waals surface area (Å²) in [5, 5.41) is 0. The molecule has 4 rings (SSSR count). The summed E-state index contributed by atoms with van der Waals surface area (Å²) in [6.45, 7) is 6.06. The average molecular weight is 396 g/mol. The summed E-state index contributed by atoms with van der Waals surface area (Å²) in [7, 11) is 0. The van der Waals surface area contributed by atoms with Crippen molar-refractivity contribution in [3.8, 4) is 0 Å². The Kier molecular flexibility index (Phi) is 5.06. The lowest BCUT2D eigenvalue weighted by Crippen LogP contribution is -2.44. The van der Waals surface area contributed by atoms with Crippen molar-refractivity contribution in [3.05, 3.63) is 58.9 Å². The zero-order valence-electron chi connectivity index (χ0n) is 16.8. The standard InChI is InChI=1S/C22H25FN4O2/c1-15-16(2)24-14-25-20(15)21(29)26-8-6-22(7-9-26)11-19(28)27(13-22)12-17-4-3-5-18(23)10-17/h3-5,10,14H,6-9,11-13H2,1-2H3. The predicted octanol–water partition coefficient (Wildman–Crippen LogP) is 2.89. The zero-order valence-corrected chi connectivity index (χ0v) is 16.8. The maximum atomic E-state index is 13.4. The minimum absolute atomic E-state index is 0.0659. The van der Waals surface area contributed by atoms with E-state index in [-0.39, 0.29) is 23.0 Å². The van der Waals surface area contributed by atoms with E-state index >= 15 is 0 Å². The molecule has 6 nitrogen and oxygen atoms in total. The van der Waals surface area contributed by atoms with Crippen molar-refractivity contribution < 1.29 is 14.0 Å². The average Bonchev–Trinajstić information content (AvgIpc) is 2.99. The van der Waals surface area contributed by atoms with Gasteiger partial charge in [0.1, 0.15) is 17.8 Å². The van der Waals surface area contributed by atoms with Crippen LogP contribution in [0.15, 0.2) is 30.6 Å². The molecule has 2 amide bonds. The molecule has 2 fully saturated rings. The molecule has 2 aliphatic heterocycles. The van der Waals surface area contributed by atoms with Crippen LogP contribution < -0.4 is 0 Å². The number of aromatic nitrogens is 2. The van der Waals surface area contributed by atoms with Crippen molar-refractivity contribution in [3.63, 3.8) is 0 Å². The van der Waals surface area contributed by atoms with E-state index < -0.39 is 0 Å². The highest BCUT2D eigenvalue weighted by Crippen LogP contribution is 2.41. The number of amides is 2. The molecule has 1 aromatic heterocycles. The van der Waals surface area contributed by atoms with E-state index in [0.717, 1.165) is 29.7 Å². The number of hydrogen-bond donors (Lipinski definition) is 0. The molecule has 1 spiro atoms. The first-order valence-corrected chi connectivity index (χ1v) is 9.97. The van der Waals surface area contributed by atoms with Crippen LogP contribution in [0.1, 0.15) is 46.6 Å². The predicted molar refractivity (Wildman–Crippen MR) is 106 cm³/mol. The number of halogens is 1. The smallest absolute Gasteiger partial charge is 0.272 e. The summed E-state index contributed by atoms with van der Waals surface area (Å²) < 4.78 is 13.4. The molecule has 29 heavy (non-hydrogen) atoms. The third-order valence-electron chi connectivity index (χ3n) is 6.32. The number of carbonyl (C=O) groups is 2. The molecular formula is C22H25FN4O2. The molecule has 2 aliphatic rings. The SMILES string of the molecule is Cc1ncnc(C(=O)N2CCC3(CC2)CC(=O)N(Cc2cccc(F)c2)C3)c1C. The van der Waals surface area contributed by atoms with E-state index in [2.05, 4.69) is 9.97 Å². The van der Waals surface area contributed by atoms with Crippen LogP contribution in [0.25, 0.3) is 0 Å². The van der Waals surface area contributed by atoms with Gasteiger partial charge in [-0.3, -0.25) is 9.59 Å². The lowest BCUT2D eigenvalue weighted by molar-refractivity contribution is -0.128. The minimum atomic E-state index is -0.286. The second-order valence-electron chi connectivity index (χ2n) is 8.28. The molecular weight excluding hydrogens is 371 g/mol. The maximum absolute atomic E-state index is 13.4. The van der Waals surface area contributed by atoms with E-state index in [1.165, 1.54) is 18.5 Å². The number of likely N-dealkylation sites (tertiary alicyclic amines) is 2. The Morgan fingerprint density at radius 2 is 1.97 bits per heavy atom. The van der Waals surface area contributed by atoms with Gasteiger partial charge in [0.15, 0.2) is 0 Å². The molecule has 0 saturated carbocycles. The monoisotopic (exact) mass is 396 g/mol. The molecule has 3 heterocycles. The molecule has 0 atom stereocenters. The largest absolute Gasteiger partial charge is 0.338 e. The van der Waals surface area contributed by atoms with Crippen LogP contribution in [0, 0.1) is 25.1 Å². The number of carbonyl (C=O) groups excluding carboxylic acids is 2. The van der Waals surface area contributed by atoms with E-state index in [1.54, 1.807) is 6.07 Å². The van der Waals surface area contributed by atoms with Crippen molar-refractivity contribution >= 4 is 11.8 Å². The molecule has 2 aromatic rings. The number of piperidine rings is 1. The minimum Gasteiger partial charge on any atom is -0.338 e. The van der Waals surface area contributed by atoms with Gasteiger partial charge in [0.25, 0.3) is 5.91 Å². The van der Waals surface area contributed by atoms with Crippen LogP contribution in [-0.4, -0.2) is 51.2 Å². The molecule has 7 heteroatoms. The molecule has 0 unspecified atom stereocenters. The Balaban J connectivity index is 1.40. The van der Waals surface area contributed by atoms with Crippen molar-refractivity contribution in [1.29, 1.82) is 0 Å². The van der Waals surface area contributed by atoms with Crippen molar-refractivity contribution in [2.75, 3.05) is 19.6 Å². The molecule has 2 saturated heterocycles. The van der Waals surface area contributed by atoms with Gasteiger partial charge in [-0.05, 0) is 44.4 Å². The van der Waals surface area contributed by atoms with Crippen LogP contribution in [0.5, 0.6) is 0 Å². The second-order valence-corrected chi connectivity index (χ2v) is 8.28. The maximum Gasteiger partial charge on any atom is 0.272 e. The topological polar surface area (TPSA) is 66.4 Å². The number of benzene rings is 1. The Morgan fingerprint density at radius 1 is 1.21 bits per heavy atom. The fourth-order valence-corrected chi connectivity index (χ4v) is 4.40. The van der Waals surface area contributed by atoms with Gasteiger partial charge in [-0.2, -0.15) is 0 Å². The summed E-state index contributed by atoms with van der Waals surface area (Å²) in [4.78, 5) is 37.5. The van der Waals surface area contributed by atoms with Gasteiger partial charge in [0, 0.05) is 49.3 Å². The first kappa shape index (κ1) is 19.5. The molecule has 0 radical (unpaired) electrons. The Labute approximate surface area is 169 Å². The highest BCUT2D eigenvalue weighted by Gasteiger charge is 2.45. The third kappa shape index (κ3) is 3.86. The second kappa shape index (κ2) is 7.54. The zero-order chi connectivity index (χ0) is 20.6. The summed E-state index contributed by atoms with van der Waals surface area (Å²) in [6.07, 6.45) is 3.50. The highest BCUT2D eigenvalue weighted by molar-refractivity contribution is 5.94. The number of aryl methyl sites for hydroxylation is 1. The van der Waals surface area contributed by atoms with Crippen LogP contribution in [-0.2, 0) is 11.3 Å². The van der Waals surface area contributed by atoms with Crippen molar-refractivity contribution in [1.82, 2.24) is 19.8 Å². The van der Waals surface area contributed by atoms with E-state index in [9.17, 15) is 14.0 Å². The first-order chi connectivity index (χ1) is 13.9. The van der Waals surface area contributed by atoms with E-state index in [4.69, 9.17) is 0 Å². The summed E-state index contributed by atoms with van der Waals surface area (Å²) in [6, 6.07) is 6.40. The fourth-order valence-electron chi connectivity index (χ4n) is 4.40. The van der Waals surface area contributed by atoms with Crippen LogP contribution in [0.4, 0.5) is 4.39 Å². The molecule has 0 aliphatic carbocycles. The Hall–Kier alpha value is -2.83. The normalized spacial score (nSPS) is 18.5.